The Morgan fingerprint density at radius 3 is 2.57 bits per heavy atom. The third-order valence-corrected chi connectivity index (χ3v) is 3.62. The standard InChI is InChI=1S/C11H18O3/c1-3-9-5-4-6-11(9,8(2)12)7-10(13)14/h9H,3-7H2,1-2H3,(H,13,14). The lowest BCUT2D eigenvalue weighted by atomic mass is 9.71. The normalized spacial score (nSPS) is 31.7. The second kappa shape index (κ2) is 4.11. The molecule has 2 atom stereocenters. The van der Waals surface area contributed by atoms with Gasteiger partial charge in [0.1, 0.15) is 5.78 Å². The Kier molecular flexibility index (Phi) is 3.29. The van der Waals surface area contributed by atoms with Gasteiger partial charge in [-0.1, -0.05) is 19.8 Å². The highest BCUT2D eigenvalue weighted by molar-refractivity contribution is 5.87. The molecule has 0 saturated heterocycles. The lowest BCUT2D eigenvalue weighted by molar-refractivity contribution is -0.145. The summed E-state index contributed by atoms with van der Waals surface area (Å²) in [7, 11) is 0. The van der Waals surface area contributed by atoms with Gasteiger partial charge in [-0.3, -0.25) is 9.59 Å². The highest BCUT2D eigenvalue weighted by Crippen LogP contribution is 2.48. The zero-order chi connectivity index (χ0) is 10.8. The molecule has 1 rings (SSSR count). The number of rotatable bonds is 4. The smallest absolute Gasteiger partial charge is 0.304 e. The molecule has 1 N–H and O–H groups in total. The summed E-state index contributed by atoms with van der Waals surface area (Å²) in [6.07, 6.45) is 3.68. The van der Waals surface area contributed by atoms with Gasteiger partial charge in [0.05, 0.1) is 6.42 Å². The zero-order valence-corrected chi connectivity index (χ0v) is 8.88. The topological polar surface area (TPSA) is 54.4 Å². The summed E-state index contributed by atoms with van der Waals surface area (Å²) in [5.41, 5.74) is -0.555. The SMILES string of the molecule is CCC1CCCC1(CC(=O)O)C(C)=O. The lowest BCUT2D eigenvalue weighted by Gasteiger charge is -2.31. The number of carboxylic acid groups (broad SMARTS) is 1. The zero-order valence-electron chi connectivity index (χ0n) is 8.88. The molecule has 2 unspecified atom stereocenters. The number of carbonyl (C=O) groups excluding carboxylic acids is 1. The maximum Gasteiger partial charge on any atom is 0.304 e. The Hall–Kier alpha value is -0.860. The third-order valence-electron chi connectivity index (χ3n) is 3.62. The van der Waals surface area contributed by atoms with Gasteiger partial charge in [0.25, 0.3) is 0 Å². The molecule has 0 aromatic carbocycles. The average molecular weight is 198 g/mol. The van der Waals surface area contributed by atoms with Crippen LogP contribution in [0.1, 0.15) is 46.0 Å². The fraction of sp³-hybridized carbons (Fsp3) is 0.818. The van der Waals surface area contributed by atoms with Gasteiger partial charge in [0, 0.05) is 5.41 Å². The maximum atomic E-state index is 11.6. The first kappa shape index (κ1) is 11.2. The lowest BCUT2D eigenvalue weighted by Crippen LogP contribution is -2.35. The Morgan fingerprint density at radius 2 is 2.14 bits per heavy atom. The molecule has 0 heterocycles. The van der Waals surface area contributed by atoms with Gasteiger partial charge in [0.2, 0.25) is 0 Å². The van der Waals surface area contributed by atoms with E-state index in [-0.39, 0.29) is 18.1 Å². The van der Waals surface area contributed by atoms with Crippen LogP contribution in [-0.4, -0.2) is 16.9 Å². The molecule has 0 radical (unpaired) electrons. The van der Waals surface area contributed by atoms with Gasteiger partial charge >= 0.3 is 5.97 Å². The van der Waals surface area contributed by atoms with Crippen LogP contribution in [0.2, 0.25) is 0 Å². The first-order valence-corrected chi connectivity index (χ1v) is 5.25. The van der Waals surface area contributed by atoms with Crippen molar-refractivity contribution >= 4 is 11.8 Å². The van der Waals surface area contributed by atoms with E-state index in [1.807, 2.05) is 6.92 Å². The molecule has 14 heavy (non-hydrogen) atoms. The fourth-order valence-corrected chi connectivity index (χ4v) is 2.83. The van der Waals surface area contributed by atoms with Crippen molar-refractivity contribution < 1.29 is 14.7 Å². The molecule has 0 amide bonds. The molecule has 0 spiro atoms. The van der Waals surface area contributed by atoms with Crippen molar-refractivity contribution in [1.82, 2.24) is 0 Å². The quantitative estimate of drug-likeness (QED) is 0.753. The van der Waals surface area contributed by atoms with Crippen molar-refractivity contribution in [1.29, 1.82) is 0 Å². The van der Waals surface area contributed by atoms with Crippen LogP contribution in [0.3, 0.4) is 0 Å². The van der Waals surface area contributed by atoms with E-state index >= 15 is 0 Å². The van der Waals surface area contributed by atoms with Gasteiger partial charge < -0.3 is 5.11 Å². The first-order chi connectivity index (χ1) is 6.53. The summed E-state index contributed by atoms with van der Waals surface area (Å²) in [4.78, 5) is 22.4. The third kappa shape index (κ3) is 1.81. The summed E-state index contributed by atoms with van der Waals surface area (Å²) < 4.78 is 0. The number of carboxylic acids is 1. The van der Waals surface area contributed by atoms with Crippen molar-refractivity contribution in [2.24, 2.45) is 11.3 Å². The summed E-state index contributed by atoms with van der Waals surface area (Å²) in [5.74, 6) is -0.513. The molecule has 1 aliphatic carbocycles. The molecule has 3 heteroatoms. The number of Topliss-reactive ketones (excluding diaryl/α,β-unsaturated/α-hetero) is 1. The minimum absolute atomic E-state index is 0.0147. The fourth-order valence-electron chi connectivity index (χ4n) is 2.83. The van der Waals surface area contributed by atoms with Gasteiger partial charge in [0.15, 0.2) is 0 Å². The highest BCUT2D eigenvalue weighted by Gasteiger charge is 2.46. The first-order valence-electron chi connectivity index (χ1n) is 5.25. The molecular weight excluding hydrogens is 180 g/mol. The number of hydrogen-bond acceptors (Lipinski definition) is 2. The van der Waals surface area contributed by atoms with Gasteiger partial charge in [-0.05, 0) is 25.7 Å². The minimum Gasteiger partial charge on any atom is -0.481 e. The molecular formula is C11H18O3. The summed E-state index contributed by atoms with van der Waals surface area (Å²) in [5, 5.41) is 8.85. The predicted octanol–water partition coefficient (Wildman–Crippen LogP) is 2.25. The van der Waals surface area contributed by atoms with E-state index in [9.17, 15) is 9.59 Å². The predicted molar refractivity (Wildman–Crippen MR) is 53.0 cm³/mol. The number of aliphatic carboxylic acids is 1. The molecule has 1 aliphatic rings. The summed E-state index contributed by atoms with van der Waals surface area (Å²) in [6.45, 7) is 3.58. The van der Waals surface area contributed by atoms with Crippen LogP contribution in [0.5, 0.6) is 0 Å². The molecule has 0 aliphatic heterocycles. The highest BCUT2D eigenvalue weighted by atomic mass is 16.4. The van der Waals surface area contributed by atoms with Crippen molar-refractivity contribution in [2.75, 3.05) is 0 Å². The minimum atomic E-state index is -0.847. The number of hydrogen-bond donors (Lipinski definition) is 1. The monoisotopic (exact) mass is 198 g/mol. The Labute approximate surface area is 84.5 Å². The summed E-state index contributed by atoms with van der Waals surface area (Å²) >= 11 is 0. The Balaban J connectivity index is 2.90. The van der Waals surface area contributed by atoms with Gasteiger partial charge in [-0.2, -0.15) is 0 Å². The van der Waals surface area contributed by atoms with Crippen LogP contribution in [0.15, 0.2) is 0 Å². The molecule has 1 fully saturated rings. The molecule has 0 aromatic heterocycles. The Bertz CT molecular complexity index is 247. The van der Waals surface area contributed by atoms with E-state index in [4.69, 9.17) is 5.11 Å². The second-order valence-electron chi connectivity index (χ2n) is 4.28. The second-order valence-corrected chi connectivity index (χ2v) is 4.28. The van der Waals surface area contributed by atoms with Crippen molar-refractivity contribution in [3.63, 3.8) is 0 Å². The van der Waals surface area contributed by atoms with E-state index in [0.29, 0.717) is 0 Å². The van der Waals surface area contributed by atoms with Crippen LogP contribution >= 0.6 is 0 Å². The molecule has 0 bridgehead atoms. The molecule has 3 nitrogen and oxygen atoms in total. The van der Waals surface area contributed by atoms with Crippen LogP contribution < -0.4 is 0 Å². The number of ketones is 1. The van der Waals surface area contributed by atoms with Gasteiger partial charge in [-0.25, -0.2) is 0 Å². The van der Waals surface area contributed by atoms with E-state index in [1.54, 1.807) is 0 Å². The Morgan fingerprint density at radius 1 is 1.50 bits per heavy atom. The largest absolute Gasteiger partial charge is 0.481 e. The van der Waals surface area contributed by atoms with E-state index in [2.05, 4.69) is 0 Å². The summed E-state index contributed by atoms with van der Waals surface area (Å²) in [6, 6.07) is 0. The van der Waals surface area contributed by atoms with E-state index in [1.165, 1.54) is 6.92 Å². The van der Waals surface area contributed by atoms with E-state index in [0.717, 1.165) is 25.7 Å². The van der Waals surface area contributed by atoms with Crippen LogP contribution in [0.25, 0.3) is 0 Å². The number of carbonyl (C=O) groups is 2. The average Bonchev–Trinajstić information content (AvgIpc) is 2.47. The molecule has 80 valence electrons. The van der Waals surface area contributed by atoms with E-state index < -0.39 is 11.4 Å². The van der Waals surface area contributed by atoms with Crippen molar-refractivity contribution in [3.8, 4) is 0 Å². The van der Waals surface area contributed by atoms with Crippen molar-refractivity contribution in [3.05, 3.63) is 0 Å². The van der Waals surface area contributed by atoms with Crippen molar-refractivity contribution in [2.45, 2.75) is 46.0 Å². The van der Waals surface area contributed by atoms with Crippen LogP contribution in [-0.2, 0) is 9.59 Å². The molecule has 1 saturated carbocycles. The van der Waals surface area contributed by atoms with Gasteiger partial charge in [-0.15, -0.1) is 0 Å². The molecule has 0 aromatic rings. The van der Waals surface area contributed by atoms with Crippen LogP contribution in [0.4, 0.5) is 0 Å². The maximum absolute atomic E-state index is 11.6. The van der Waals surface area contributed by atoms with Crippen LogP contribution in [0, 0.1) is 11.3 Å².